The minimum atomic E-state index is -4.25. The molecule has 1 aliphatic carbocycles. The molecule has 8 heteroatoms. The second kappa shape index (κ2) is 11.5. The quantitative estimate of drug-likeness (QED) is 0.452. The van der Waals surface area contributed by atoms with Gasteiger partial charge in [-0.15, -0.1) is 0 Å². The summed E-state index contributed by atoms with van der Waals surface area (Å²) < 4.78 is 40.4. The maximum atomic E-state index is 13.5. The predicted octanol–water partition coefficient (Wildman–Crippen LogP) is 5.44. The Hall–Kier alpha value is -1.48. The number of rotatable bonds is 9. The molecule has 0 radical (unpaired) electrons. The van der Waals surface area contributed by atoms with Gasteiger partial charge in [-0.05, 0) is 57.1 Å². The van der Waals surface area contributed by atoms with Crippen LogP contribution in [0.1, 0.15) is 33.1 Å². The zero-order chi connectivity index (χ0) is 24.1. The standard InChI is InChI=1S/C26H37F3N4S/c1-3-30(4-2)14-15-32-18-16-31(17-19-32)12-7-13-33-22-8-5-6-9-24(22)34-25-11-10-21(20-23(25)33)26(27,28)29/h5-6,8-9,20H,3-4,7,10-19H2,1-2H3. The van der Waals surface area contributed by atoms with E-state index in [1.165, 1.54) is 6.08 Å². The van der Waals surface area contributed by atoms with Crippen LogP contribution in [0, 0.1) is 0 Å². The van der Waals surface area contributed by atoms with E-state index in [0.29, 0.717) is 6.42 Å². The van der Waals surface area contributed by atoms with Crippen molar-refractivity contribution in [2.45, 2.75) is 44.2 Å². The number of alkyl halides is 3. The molecule has 0 N–H and O–H groups in total. The zero-order valence-electron chi connectivity index (χ0n) is 20.4. The van der Waals surface area contributed by atoms with Crippen LogP contribution < -0.4 is 4.90 Å². The number of hydrogen-bond acceptors (Lipinski definition) is 5. The molecule has 0 saturated carbocycles. The van der Waals surface area contributed by atoms with E-state index < -0.39 is 11.7 Å². The topological polar surface area (TPSA) is 13.0 Å². The number of benzene rings is 1. The molecule has 0 unspecified atom stereocenters. The van der Waals surface area contributed by atoms with Crippen LogP contribution in [0.15, 0.2) is 51.4 Å². The summed E-state index contributed by atoms with van der Waals surface area (Å²) >= 11 is 1.64. The van der Waals surface area contributed by atoms with Crippen molar-refractivity contribution < 1.29 is 13.2 Å². The number of para-hydroxylation sites is 1. The molecular weight excluding hydrogens is 457 g/mol. The molecule has 0 aromatic heterocycles. The van der Waals surface area contributed by atoms with E-state index in [9.17, 15) is 13.2 Å². The van der Waals surface area contributed by atoms with Gasteiger partial charge in [-0.2, -0.15) is 13.2 Å². The maximum Gasteiger partial charge on any atom is 0.412 e. The number of thioether (sulfide) groups is 1. The highest BCUT2D eigenvalue weighted by Crippen LogP contribution is 2.49. The summed E-state index contributed by atoms with van der Waals surface area (Å²) in [7, 11) is 0. The molecule has 3 aliphatic rings. The number of fused-ring (bicyclic) bond motifs is 1. The number of nitrogens with zero attached hydrogens (tertiary/aromatic N) is 4. The lowest BCUT2D eigenvalue weighted by Crippen LogP contribution is -2.48. The van der Waals surface area contributed by atoms with Crippen molar-refractivity contribution in [3.63, 3.8) is 0 Å². The van der Waals surface area contributed by atoms with Crippen molar-refractivity contribution in [1.82, 2.24) is 14.7 Å². The lowest BCUT2D eigenvalue weighted by atomic mass is 10.0. The Morgan fingerprint density at radius 1 is 0.912 bits per heavy atom. The molecule has 1 fully saturated rings. The number of likely N-dealkylation sites (N-methyl/N-ethyl adjacent to an activating group) is 1. The van der Waals surface area contributed by atoms with Crippen molar-refractivity contribution >= 4 is 17.4 Å². The molecule has 2 heterocycles. The van der Waals surface area contributed by atoms with E-state index in [2.05, 4.69) is 39.5 Å². The molecule has 0 amide bonds. The van der Waals surface area contributed by atoms with Crippen LogP contribution in [-0.4, -0.2) is 86.3 Å². The molecule has 188 valence electrons. The highest BCUT2D eigenvalue weighted by Gasteiger charge is 2.37. The van der Waals surface area contributed by atoms with Gasteiger partial charge in [0.2, 0.25) is 0 Å². The van der Waals surface area contributed by atoms with E-state index in [0.717, 1.165) is 93.1 Å². The van der Waals surface area contributed by atoms with Gasteiger partial charge >= 0.3 is 6.18 Å². The Bertz CT molecular complexity index is 886. The van der Waals surface area contributed by atoms with Crippen LogP contribution in [0.4, 0.5) is 18.9 Å². The second-order valence-electron chi connectivity index (χ2n) is 9.26. The fourth-order valence-electron chi connectivity index (χ4n) is 5.03. The van der Waals surface area contributed by atoms with E-state index in [4.69, 9.17) is 0 Å². The van der Waals surface area contributed by atoms with Crippen LogP contribution in [-0.2, 0) is 0 Å². The Kier molecular flexibility index (Phi) is 8.66. The highest BCUT2D eigenvalue weighted by molar-refractivity contribution is 8.03. The molecule has 0 spiro atoms. The van der Waals surface area contributed by atoms with Gasteiger partial charge in [-0.25, -0.2) is 0 Å². The first-order chi connectivity index (χ1) is 16.4. The van der Waals surface area contributed by atoms with Gasteiger partial charge in [-0.3, -0.25) is 4.90 Å². The van der Waals surface area contributed by atoms with Gasteiger partial charge in [0.1, 0.15) is 0 Å². The Balaban J connectivity index is 1.34. The van der Waals surface area contributed by atoms with Gasteiger partial charge in [0.05, 0.1) is 11.4 Å². The van der Waals surface area contributed by atoms with Crippen LogP contribution >= 0.6 is 11.8 Å². The van der Waals surface area contributed by atoms with Gasteiger partial charge in [-0.1, -0.05) is 37.7 Å². The SMILES string of the molecule is CCN(CC)CCN1CCN(CCCN2C3=C(CCC(C(F)(F)F)=C3)Sc3ccccc32)CC1. The molecule has 1 aromatic rings. The van der Waals surface area contributed by atoms with Gasteiger partial charge in [0, 0.05) is 61.2 Å². The average molecular weight is 495 g/mol. The number of piperazine rings is 1. The third-order valence-electron chi connectivity index (χ3n) is 7.21. The van der Waals surface area contributed by atoms with Crippen molar-refractivity contribution in [2.24, 2.45) is 0 Å². The van der Waals surface area contributed by atoms with Gasteiger partial charge < -0.3 is 14.7 Å². The highest BCUT2D eigenvalue weighted by atomic mass is 32.2. The molecule has 4 nitrogen and oxygen atoms in total. The smallest absolute Gasteiger partial charge is 0.340 e. The first-order valence-electron chi connectivity index (χ1n) is 12.6. The average Bonchev–Trinajstić information content (AvgIpc) is 2.84. The first-order valence-corrected chi connectivity index (χ1v) is 13.4. The Labute approximate surface area is 206 Å². The van der Waals surface area contributed by atoms with Crippen LogP contribution in [0.3, 0.4) is 0 Å². The number of hydrogen-bond donors (Lipinski definition) is 0. The van der Waals surface area contributed by atoms with Crippen molar-refractivity contribution in [2.75, 3.05) is 70.3 Å². The van der Waals surface area contributed by atoms with E-state index in [1.807, 2.05) is 18.2 Å². The zero-order valence-corrected chi connectivity index (χ0v) is 21.2. The summed E-state index contributed by atoms with van der Waals surface area (Å²) in [6.07, 6.45) is -1.38. The first kappa shape index (κ1) is 25.6. The van der Waals surface area contributed by atoms with E-state index in [-0.39, 0.29) is 6.42 Å². The molecule has 1 aromatic carbocycles. The fraction of sp³-hybridized carbons (Fsp3) is 0.615. The normalized spacial score (nSPS) is 19.9. The fourth-order valence-corrected chi connectivity index (χ4v) is 6.20. The predicted molar refractivity (Wildman–Crippen MR) is 135 cm³/mol. The monoisotopic (exact) mass is 494 g/mol. The summed E-state index contributed by atoms with van der Waals surface area (Å²) in [6, 6.07) is 8.11. The van der Waals surface area contributed by atoms with Crippen molar-refractivity contribution in [3.05, 3.63) is 46.5 Å². The van der Waals surface area contributed by atoms with Crippen molar-refractivity contribution in [1.29, 1.82) is 0 Å². The van der Waals surface area contributed by atoms with Gasteiger partial charge in [0.25, 0.3) is 0 Å². The summed E-state index contributed by atoms with van der Waals surface area (Å²) in [4.78, 5) is 11.9. The molecule has 4 rings (SSSR count). The van der Waals surface area contributed by atoms with E-state index >= 15 is 0 Å². The van der Waals surface area contributed by atoms with Crippen LogP contribution in [0.25, 0.3) is 0 Å². The van der Waals surface area contributed by atoms with Gasteiger partial charge in [0.15, 0.2) is 0 Å². The number of halogens is 3. The lowest BCUT2D eigenvalue weighted by Gasteiger charge is -2.38. The number of anilines is 1. The Morgan fingerprint density at radius 2 is 1.59 bits per heavy atom. The minimum Gasteiger partial charge on any atom is -0.340 e. The van der Waals surface area contributed by atoms with E-state index in [1.54, 1.807) is 11.8 Å². The largest absolute Gasteiger partial charge is 0.412 e. The third-order valence-corrected chi connectivity index (χ3v) is 8.43. The van der Waals surface area contributed by atoms with Crippen molar-refractivity contribution in [3.8, 4) is 0 Å². The summed E-state index contributed by atoms with van der Waals surface area (Å²) in [5.41, 5.74) is 1.38. The summed E-state index contributed by atoms with van der Waals surface area (Å²) in [5.74, 6) is 0. The third kappa shape index (κ3) is 6.20. The molecule has 34 heavy (non-hydrogen) atoms. The number of allylic oxidation sites excluding steroid dienone is 3. The second-order valence-corrected chi connectivity index (χ2v) is 10.4. The van der Waals surface area contributed by atoms with Crippen LogP contribution in [0.5, 0.6) is 0 Å². The lowest BCUT2D eigenvalue weighted by molar-refractivity contribution is -0.0941. The maximum absolute atomic E-state index is 13.5. The van der Waals surface area contributed by atoms with Crippen LogP contribution in [0.2, 0.25) is 0 Å². The summed E-state index contributed by atoms with van der Waals surface area (Å²) in [6.45, 7) is 14.9. The molecule has 0 bridgehead atoms. The summed E-state index contributed by atoms with van der Waals surface area (Å²) in [5, 5.41) is 0. The molecule has 1 saturated heterocycles. The molecule has 2 aliphatic heterocycles. The molecule has 0 atom stereocenters. The molecular formula is C26H37F3N4S. The Morgan fingerprint density at radius 3 is 2.26 bits per heavy atom. The minimum absolute atomic E-state index is 0.0733.